The maximum atomic E-state index is 9.00. The molecule has 0 aromatic rings. The van der Waals surface area contributed by atoms with E-state index in [0.717, 1.165) is 26.0 Å². The van der Waals surface area contributed by atoms with Gasteiger partial charge in [0.2, 0.25) is 0 Å². The van der Waals surface area contributed by atoms with Crippen LogP contribution in [0.5, 0.6) is 0 Å². The Kier molecular flexibility index (Phi) is 9.29. The normalized spacial score (nSPS) is 13.5. The molecule has 0 fully saturated rings. The van der Waals surface area contributed by atoms with Crippen LogP contribution in [0.15, 0.2) is 0 Å². The van der Waals surface area contributed by atoms with E-state index in [-0.39, 0.29) is 6.61 Å². The van der Waals surface area contributed by atoms with Crippen LogP contribution in [0, 0.1) is 0 Å². The molecule has 4 nitrogen and oxygen atoms in total. The van der Waals surface area contributed by atoms with Crippen molar-refractivity contribution in [1.82, 2.24) is 5.32 Å². The highest BCUT2D eigenvalue weighted by molar-refractivity contribution is 4.56. The van der Waals surface area contributed by atoms with Gasteiger partial charge in [-0.1, -0.05) is 0 Å². The van der Waals surface area contributed by atoms with Crippen molar-refractivity contribution < 1.29 is 14.9 Å². The van der Waals surface area contributed by atoms with Crippen LogP contribution < -0.4 is 5.32 Å². The molecule has 0 aliphatic rings. The third-order valence-electron chi connectivity index (χ3n) is 1.79. The SMILES string of the molecule is CC(C)OCCCCNCC(O)CO. The first-order valence-corrected chi connectivity index (χ1v) is 5.28. The van der Waals surface area contributed by atoms with Crippen molar-refractivity contribution in [1.29, 1.82) is 0 Å². The zero-order chi connectivity index (χ0) is 10.8. The summed E-state index contributed by atoms with van der Waals surface area (Å²) in [6.45, 7) is 5.98. The second-order valence-corrected chi connectivity index (χ2v) is 3.67. The first kappa shape index (κ1) is 13.8. The van der Waals surface area contributed by atoms with Crippen molar-refractivity contribution in [3.05, 3.63) is 0 Å². The molecule has 3 N–H and O–H groups in total. The van der Waals surface area contributed by atoms with Gasteiger partial charge in [-0.2, -0.15) is 0 Å². The molecule has 0 saturated carbocycles. The number of rotatable bonds is 9. The van der Waals surface area contributed by atoms with Crippen molar-refractivity contribution in [2.75, 3.05) is 26.3 Å². The van der Waals surface area contributed by atoms with Gasteiger partial charge in [-0.3, -0.25) is 0 Å². The molecule has 0 aromatic carbocycles. The Hall–Kier alpha value is -0.160. The minimum absolute atomic E-state index is 0.177. The van der Waals surface area contributed by atoms with E-state index in [1.54, 1.807) is 0 Å². The Balaban J connectivity index is 2.99. The number of hydrogen-bond donors (Lipinski definition) is 3. The quantitative estimate of drug-likeness (QED) is 0.468. The van der Waals surface area contributed by atoms with Gasteiger partial charge in [-0.25, -0.2) is 0 Å². The number of ether oxygens (including phenoxy) is 1. The average molecular weight is 205 g/mol. The number of aliphatic hydroxyl groups excluding tert-OH is 2. The summed E-state index contributed by atoms with van der Waals surface area (Å²) < 4.78 is 5.37. The fraction of sp³-hybridized carbons (Fsp3) is 1.00. The number of hydrogen-bond acceptors (Lipinski definition) is 4. The molecule has 0 radical (unpaired) electrons. The van der Waals surface area contributed by atoms with E-state index in [4.69, 9.17) is 14.9 Å². The van der Waals surface area contributed by atoms with Gasteiger partial charge in [-0.15, -0.1) is 0 Å². The molecule has 0 amide bonds. The first-order valence-electron chi connectivity index (χ1n) is 5.28. The Morgan fingerprint density at radius 1 is 1.29 bits per heavy atom. The lowest BCUT2D eigenvalue weighted by atomic mass is 10.3. The molecular formula is C10H23NO3. The molecule has 0 heterocycles. The summed E-state index contributed by atoms with van der Waals surface area (Å²) in [7, 11) is 0. The fourth-order valence-electron chi connectivity index (χ4n) is 1.00. The molecular weight excluding hydrogens is 182 g/mol. The van der Waals surface area contributed by atoms with Crippen LogP contribution in [-0.4, -0.2) is 48.7 Å². The summed E-state index contributed by atoms with van der Waals surface area (Å²) in [4.78, 5) is 0. The molecule has 0 spiro atoms. The van der Waals surface area contributed by atoms with Crippen LogP contribution in [-0.2, 0) is 4.74 Å². The van der Waals surface area contributed by atoms with Crippen LogP contribution in [0.25, 0.3) is 0 Å². The number of unbranched alkanes of at least 4 members (excludes halogenated alkanes) is 1. The van der Waals surface area contributed by atoms with Crippen molar-refractivity contribution in [3.63, 3.8) is 0 Å². The van der Waals surface area contributed by atoms with Crippen LogP contribution in [0.2, 0.25) is 0 Å². The van der Waals surface area contributed by atoms with Crippen LogP contribution >= 0.6 is 0 Å². The number of aliphatic hydroxyl groups is 2. The zero-order valence-corrected chi connectivity index (χ0v) is 9.20. The van der Waals surface area contributed by atoms with Crippen molar-refractivity contribution in [2.24, 2.45) is 0 Å². The Labute approximate surface area is 86.3 Å². The Morgan fingerprint density at radius 3 is 2.57 bits per heavy atom. The van der Waals surface area contributed by atoms with E-state index in [1.807, 2.05) is 13.8 Å². The molecule has 14 heavy (non-hydrogen) atoms. The predicted octanol–water partition coefficient (Wildman–Crippen LogP) is 0.134. The van der Waals surface area contributed by atoms with E-state index in [1.165, 1.54) is 0 Å². The van der Waals surface area contributed by atoms with Crippen LogP contribution in [0.1, 0.15) is 26.7 Å². The predicted molar refractivity (Wildman–Crippen MR) is 56.3 cm³/mol. The maximum Gasteiger partial charge on any atom is 0.0894 e. The van der Waals surface area contributed by atoms with E-state index in [0.29, 0.717) is 12.6 Å². The van der Waals surface area contributed by atoms with Crippen molar-refractivity contribution in [3.8, 4) is 0 Å². The molecule has 86 valence electrons. The summed E-state index contributed by atoms with van der Waals surface area (Å²) in [6.07, 6.45) is 1.73. The number of nitrogens with one attached hydrogen (secondary N) is 1. The minimum Gasteiger partial charge on any atom is -0.394 e. The van der Waals surface area contributed by atoms with Gasteiger partial charge in [-0.05, 0) is 33.2 Å². The second kappa shape index (κ2) is 9.40. The Bertz CT molecular complexity index is 120. The maximum absolute atomic E-state index is 9.00. The van der Waals surface area contributed by atoms with E-state index in [9.17, 15) is 0 Å². The lowest BCUT2D eigenvalue weighted by molar-refractivity contribution is 0.0751. The van der Waals surface area contributed by atoms with Crippen LogP contribution in [0.4, 0.5) is 0 Å². The summed E-state index contributed by atoms with van der Waals surface area (Å²) in [6, 6.07) is 0. The van der Waals surface area contributed by atoms with Gasteiger partial charge in [0, 0.05) is 13.2 Å². The molecule has 0 saturated heterocycles. The highest BCUT2D eigenvalue weighted by Gasteiger charge is 1.99. The summed E-state index contributed by atoms with van der Waals surface area (Å²) in [5.41, 5.74) is 0. The van der Waals surface area contributed by atoms with E-state index >= 15 is 0 Å². The summed E-state index contributed by atoms with van der Waals surface area (Å²) in [5.74, 6) is 0. The topological polar surface area (TPSA) is 61.7 Å². The monoisotopic (exact) mass is 205 g/mol. The van der Waals surface area contributed by atoms with E-state index in [2.05, 4.69) is 5.32 Å². The summed E-state index contributed by atoms with van der Waals surface area (Å²) >= 11 is 0. The third kappa shape index (κ3) is 9.92. The van der Waals surface area contributed by atoms with Crippen molar-refractivity contribution in [2.45, 2.75) is 38.9 Å². The molecule has 0 rings (SSSR count). The molecule has 1 atom stereocenters. The Morgan fingerprint density at radius 2 is 2.00 bits per heavy atom. The molecule has 0 bridgehead atoms. The molecule has 1 unspecified atom stereocenters. The van der Waals surface area contributed by atoms with Crippen molar-refractivity contribution >= 4 is 0 Å². The second-order valence-electron chi connectivity index (χ2n) is 3.67. The molecule has 0 aromatic heterocycles. The lowest BCUT2D eigenvalue weighted by Crippen LogP contribution is -2.30. The van der Waals surface area contributed by atoms with Crippen LogP contribution in [0.3, 0.4) is 0 Å². The molecule has 4 heteroatoms. The van der Waals surface area contributed by atoms with Gasteiger partial charge in [0.25, 0.3) is 0 Å². The first-order chi connectivity index (χ1) is 6.66. The van der Waals surface area contributed by atoms with Gasteiger partial charge >= 0.3 is 0 Å². The lowest BCUT2D eigenvalue weighted by Gasteiger charge is -2.09. The summed E-state index contributed by atoms with van der Waals surface area (Å²) in [5, 5.41) is 20.6. The fourth-order valence-corrected chi connectivity index (χ4v) is 1.00. The van der Waals surface area contributed by atoms with Gasteiger partial charge in [0.05, 0.1) is 18.8 Å². The minimum atomic E-state index is -0.637. The van der Waals surface area contributed by atoms with Gasteiger partial charge in [0.15, 0.2) is 0 Å². The van der Waals surface area contributed by atoms with E-state index < -0.39 is 6.10 Å². The zero-order valence-electron chi connectivity index (χ0n) is 9.20. The standard InChI is InChI=1S/C10H23NO3/c1-9(2)14-6-4-3-5-11-7-10(13)8-12/h9-13H,3-8H2,1-2H3. The average Bonchev–Trinajstić information content (AvgIpc) is 2.15. The van der Waals surface area contributed by atoms with Gasteiger partial charge < -0.3 is 20.3 Å². The molecule has 0 aliphatic heterocycles. The smallest absolute Gasteiger partial charge is 0.0894 e. The largest absolute Gasteiger partial charge is 0.394 e. The molecule has 0 aliphatic carbocycles. The highest BCUT2D eigenvalue weighted by Crippen LogP contribution is 1.93. The third-order valence-corrected chi connectivity index (χ3v) is 1.79. The highest BCUT2D eigenvalue weighted by atomic mass is 16.5. The van der Waals surface area contributed by atoms with Gasteiger partial charge in [0.1, 0.15) is 0 Å².